The Balaban J connectivity index is 2.27. The lowest BCUT2D eigenvalue weighted by atomic mass is 9.99. The Morgan fingerprint density at radius 3 is 2.27 bits per heavy atom. The van der Waals surface area contributed by atoms with E-state index in [1.807, 2.05) is 0 Å². The van der Waals surface area contributed by atoms with Gasteiger partial charge in [0.1, 0.15) is 23.9 Å². The standard InChI is InChI=1S/C16H15F8NO7S/c1-9-6-11(33(20,21,22,23)24)7-10-8-12(14(16(17,18)19)32-13(9)10)15(26)30-4-2-29-3-5-31-25(27)28/h6-8,14H,2-5H2,1H3/t14-/m0/s1. The van der Waals surface area contributed by atoms with E-state index in [1.54, 1.807) is 0 Å². The second-order valence-corrected chi connectivity index (χ2v) is 8.98. The number of carbonyl (C=O) groups is 1. The van der Waals surface area contributed by atoms with Gasteiger partial charge in [0.05, 0.1) is 18.8 Å². The van der Waals surface area contributed by atoms with Gasteiger partial charge in [0.2, 0.25) is 6.10 Å². The number of alkyl halides is 3. The lowest BCUT2D eigenvalue weighted by molar-refractivity contribution is -0.758. The lowest BCUT2D eigenvalue weighted by Gasteiger charge is -2.41. The molecule has 0 aliphatic carbocycles. The summed E-state index contributed by atoms with van der Waals surface area (Å²) < 4.78 is 120. The number of rotatable bonds is 9. The molecule has 0 bridgehead atoms. The number of carbonyl (C=O) groups excluding carboxylic acids is 1. The molecule has 33 heavy (non-hydrogen) atoms. The number of fused-ring (bicyclic) bond motifs is 1. The number of aryl methyl sites for hydroxylation is 1. The van der Waals surface area contributed by atoms with Crippen molar-refractivity contribution in [1.29, 1.82) is 0 Å². The number of hydrogen-bond donors (Lipinski definition) is 0. The first-order valence-corrected chi connectivity index (χ1v) is 10.6. The van der Waals surface area contributed by atoms with Crippen LogP contribution < -0.4 is 4.74 Å². The van der Waals surface area contributed by atoms with Crippen molar-refractivity contribution in [3.63, 3.8) is 0 Å². The molecule has 188 valence electrons. The molecule has 1 aromatic rings. The topological polar surface area (TPSA) is 97.1 Å². The van der Waals surface area contributed by atoms with Crippen LogP contribution in [0.2, 0.25) is 0 Å². The number of esters is 1. The minimum Gasteiger partial charge on any atom is -0.475 e. The summed E-state index contributed by atoms with van der Waals surface area (Å²) in [5.41, 5.74) is -2.75. The zero-order valence-corrected chi connectivity index (χ0v) is 17.2. The smallest absolute Gasteiger partial charge is 0.430 e. The summed E-state index contributed by atoms with van der Waals surface area (Å²) in [5, 5.41) is 8.83. The highest BCUT2D eigenvalue weighted by atomic mass is 32.5. The van der Waals surface area contributed by atoms with Gasteiger partial charge < -0.3 is 19.0 Å². The zero-order valence-electron chi connectivity index (χ0n) is 16.4. The maximum absolute atomic E-state index is 13.4. The van der Waals surface area contributed by atoms with E-state index in [-0.39, 0.29) is 18.7 Å². The molecule has 0 fully saturated rings. The van der Waals surface area contributed by atoms with Crippen molar-refractivity contribution in [3.05, 3.63) is 38.9 Å². The summed E-state index contributed by atoms with van der Waals surface area (Å²) in [6, 6.07) is -0.146. The average Bonchev–Trinajstić information content (AvgIpc) is 2.63. The summed E-state index contributed by atoms with van der Waals surface area (Å²) in [6.07, 6.45) is -7.80. The van der Waals surface area contributed by atoms with Gasteiger partial charge in [-0.15, -0.1) is 10.1 Å². The van der Waals surface area contributed by atoms with Crippen molar-refractivity contribution in [2.75, 3.05) is 26.4 Å². The fourth-order valence-electron chi connectivity index (χ4n) is 2.64. The molecule has 0 saturated heterocycles. The van der Waals surface area contributed by atoms with Gasteiger partial charge in [-0.3, -0.25) is 0 Å². The third-order valence-corrected chi connectivity index (χ3v) is 5.10. The third-order valence-electron chi connectivity index (χ3n) is 3.97. The molecule has 1 atom stereocenters. The Labute approximate surface area is 179 Å². The fraction of sp³-hybridized carbons (Fsp3) is 0.438. The Morgan fingerprint density at radius 2 is 1.73 bits per heavy atom. The van der Waals surface area contributed by atoms with Crippen LogP contribution in [0.3, 0.4) is 0 Å². The summed E-state index contributed by atoms with van der Waals surface area (Å²) in [6.45, 7) is -1.01. The van der Waals surface area contributed by atoms with E-state index < -0.39 is 80.7 Å². The van der Waals surface area contributed by atoms with Gasteiger partial charge in [0.15, 0.2) is 0 Å². The summed E-state index contributed by atoms with van der Waals surface area (Å²) in [7, 11) is -10.2. The van der Waals surface area contributed by atoms with E-state index in [2.05, 4.69) is 14.3 Å². The first-order valence-electron chi connectivity index (χ1n) is 8.65. The van der Waals surface area contributed by atoms with Crippen LogP contribution in [-0.2, 0) is 19.1 Å². The van der Waals surface area contributed by atoms with Crippen LogP contribution in [0, 0.1) is 17.0 Å². The van der Waals surface area contributed by atoms with Gasteiger partial charge >= 0.3 is 22.4 Å². The molecule has 8 nitrogen and oxygen atoms in total. The maximum atomic E-state index is 13.4. The quantitative estimate of drug-likeness (QED) is 0.147. The van der Waals surface area contributed by atoms with Crippen LogP contribution in [-0.4, -0.2) is 49.8 Å². The molecule has 1 aliphatic rings. The minimum atomic E-state index is -10.2. The van der Waals surface area contributed by atoms with Gasteiger partial charge in [0.25, 0.3) is 5.09 Å². The molecule has 0 radical (unpaired) electrons. The van der Waals surface area contributed by atoms with Crippen LogP contribution in [0.15, 0.2) is 22.6 Å². The van der Waals surface area contributed by atoms with E-state index in [0.29, 0.717) is 6.08 Å². The second kappa shape index (κ2) is 8.19. The molecule has 0 N–H and O–H groups in total. The number of ether oxygens (including phenoxy) is 3. The predicted octanol–water partition coefficient (Wildman–Crippen LogP) is 5.13. The molecule has 0 aromatic heterocycles. The fourth-order valence-corrected chi connectivity index (χ4v) is 3.39. The molecule has 0 amide bonds. The summed E-state index contributed by atoms with van der Waals surface area (Å²) >= 11 is 0. The van der Waals surface area contributed by atoms with E-state index >= 15 is 0 Å². The number of benzene rings is 1. The first kappa shape index (κ1) is 26.4. The number of nitrogens with zero attached hydrogens (tertiary/aromatic N) is 1. The van der Waals surface area contributed by atoms with Crippen molar-refractivity contribution in [2.45, 2.75) is 24.1 Å². The summed E-state index contributed by atoms with van der Waals surface area (Å²) in [4.78, 5) is 23.6. The first-order chi connectivity index (χ1) is 14.8. The average molecular weight is 517 g/mol. The zero-order chi connectivity index (χ0) is 25.3. The maximum Gasteiger partial charge on any atom is 0.430 e. The van der Waals surface area contributed by atoms with Crippen LogP contribution >= 0.6 is 10.2 Å². The predicted molar refractivity (Wildman–Crippen MR) is 95.7 cm³/mol. The van der Waals surface area contributed by atoms with E-state index in [0.717, 1.165) is 6.92 Å². The number of hydrogen-bond acceptors (Lipinski definition) is 7. The highest BCUT2D eigenvalue weighted by molar-refractivity contribution is 8.45. The second-order valence-electron chi connectivity index (χ2n) is 6.57. The molecule has 0 spiro atoms. The molecule has 0 saturated carbocycles. The number of halogens is 8. The molecule has 1 aromatic carbocycles. The van der Waals surface area contributed by atoms with Crippen LogP contribution in [0.1, 0.15) is 11.1 Å². The van der Waals surface area contributed by atoms with E-state index in [4.69, 9.17) is 4.74 Å². The molecule has 17 heteroatoms. The molecule has 2 rings (SSSR count). The van der Waals surface area contributed by atoms with Gasteiger partial charge in [0, 0.05) is 5.56 Å². The van der Waals surface area contributed by atoms with Crippen molar-refractivity contribution in [1.82, 2.24) is 0 Å². The molecule has 1 heterocycles. The highest BCUT2D eigenvalue weighted by Gasteiger charge is 2.65. The van der Waals surface area contributed by atoms with Crippen molar-refractivity contribution in [3.8, 4) is 5.75 Å². The monoisotopic (exact) mass is 517 g/mol. The van der Waals surface area contributed by atoms with Crippen LogP contribution in [0.25, 0.3) is 6.08 Å². The Hall–Kier alpha value is -2.82. The highest BCUT2D eigenvalue weighted by Crippen LogP contribution is 3.02. The minimum absolute atomic E-state index is 0.0367. The molecular formula is C16H15F8NO7S. The SMILES string of the molecule is Cc1cc(S(F)(F)(F)(F)F)cc2c1O[C@H](C(F)(F)F)C(C(=O)OCCOCCO[N+](=O)[O-])=C2. The molecular weight excluding hydrogens is 502 g/mol. The normalized spacial score (nSPS) is 18.2. The largest absolute Gasteiger partial charge is 0.475 e. The van der Waals surface area contributed by atoms with Crippen LogP contribution in [0.5, 0.6) is 5.75 Å². The Morgan fingerprint density at radius 1 is 1.12 bits per heavy atom. The van der Waals surface area contributed by atoms with E-state index in [9.17, 15) is 47.5 Å². The van der Waals surface area contributed by atoms with E-state index in [1.165, 1.54) is 0 Å². The molecule has 1 aliphatic heterocycles. The summed E-state index contributed by atoms with van der Waals surface area (Å²) in [5.74, 6) is -2.41. The van der Waals surface area contributed by atoms with Gasteiger partial charge in [-0.05, 0) is 30.7 Å². The van der Waals surface area contributed by atoms with Crippen LogP contribution in [0.4, 0.5) is 32.6 Å². The molecule has 0 unspecified atom stereocenters. The van der Waals surface area contributed by atoms with Crippen molar-refractivity contribution >= 4 is 22.3 Å². The van der Waals surface area contributed by atoms with Gasteiger partial charge in [-0.25, -0.2) is 4.79 Å². The third kappa shape index (κ3) is 7.08. The van der Waals surface area contributed by atoms with Gasteiger partial charge in [-0.2, -0.15) is 13.2 Å². The Bertz CT molecular complexity index is 978. The van der Waals surface area contributed by atoms with Gasteiger partial charge in [-0.1, -0.05) is 19.4 Å². The van der Waals surface area contributed by atoms with Crippen molar-refractivity contribution < 1.29 is 61.5 Å². The van der Waals surface area contributed by atoms with Crippen molar-refractivity contribution in [2.24, 2.45) is 0 Å². The Kier molecular flexibility index (Phi) is 6.56. The lowest BCUT2D eigenvalue weighted by Crippen LogP contribution is -2.41.